The molecular weight excluding hydrogens is 326 g/mol. The van der Waals surface area contributed by atoms with Gasteiger partial charge in [-0.3, -0.25) is 14.4 Å². The van der Waals surface area contributed by atoms with Gasteiger partial charge in [0.05, 0.1) is 6.20 Å². The van der Waals surface area contributed by atoms with Gasteiger partial charge in [-0.2, -0.15) is 5.10 Å². The van der Waals surface area contributed by atoms with Gasteiger partial charge in [-0.1, -0.05) is 24.3 Å². The van der Waals surface area contributed by atoms with Gasteiger partial charge in [0.15, 0.2) is 0 Å². The molecule has 6 heteroatoms. The number of nitrogens with one attached hydrogen (secondary N) is 2. The molecule has 1 unspecified atom stereocenters. The van der Waals surface area contributed by atoms with Crippen LogP contribution < -0.4 is 10.6 Å². The highest BCUT2D eigenvalue weighted by atomic mass is 16.2. The first-order valence-electron chi connectivity index (χ1n) is 9.30. The van der Waals surface area contributed by atoms with Crippen LogP contribution in [0.25, 0.3) is 0 Å². The van der Waals surface area contributed by atoms with Gasteiger partial charge in [-0.25, -0.2) is 0 Å². The predicted octanol–water partition coefficient (Wildman–Crippen LogP) is 1.77. The maximum atomic E-state index is 12.6. The van der Waals surface area contributed by atoms with E-state index in [4.69, 9.17) is 0 Å². The average Bonchev–Trinajstić information content (AvgIpc) is 3.05. The van der Waals surface area contributed by atoms with Gasteiger partial charge < -0.3 is 10.6 Å². The van der Waals surface area contributed by atoms with Crippen molar-refractivity contribution in [1.82, 2.24) is 25.3 Å². The molecule has 1 saturated heterocycles. The number of rotatable bonds is 6. The highest BCUT2D eigenvalue weighted by molar-refractivity contribution is 5.83. The molecule has 6 nitrogen and oxygen atoms in total. The van der Waals surface area contributed by atoms with Crippen LogP contribution in [0.2, 0.25) is 0 Å². The number of carbonyl (C=O) groups excluding carboxylic acids is 1. The fraction of sp³-hybridized carbons (Fsp3) is 0.500. The molecule has 2 aromatic rings. The molecule has 26 heavy (non-hydrogen) atoms. The summed E-state index contributed by atoms with van der Waals surface area (Å²) in [5.41, 5.74) is 3.63. The zero-order valence-corrected chi connectivity index (χ0v) is 15.9. The van der Waals surface area contributed by atoms with Crippen LogP contribution in [0.1, 0.15) is 35.6 Å². The molecule has 0 aliphatic carbocycles. The van der Waals surface area contributed by atoms with Gasteiger partial charge in [0, 0.05) is 44.5 Å². The molecular formula is C20H29N5O. The highest BCUT2D eigenvalue weighted by Crippen LogP contribution is 2.17. The summed E-state index contributed by atoms with van der Waals surface area (Å²) >= 11 is 0. The first kappa shape index (κ1) is 18.6. The number of aryl methyl sites for hydroxylation is 2. The van der Waals surface area contributed by atoms with Crippen LogP contribution in [-0.2, 0) is 18.4 Å². The monoisotopic (exact) mass is 355 g/mol. The first-order valence-corrected chi connectivity index (χ1v) is 9.30. The van der Waals surface area contributed by atoms with E-state index in [-0.39, 0.29) is 18.0 Å². The molecule has 0 spiro atoms. The van der Waals surface area contributed by atoms with E-state index in [9.17, 15) is 4.79 Å². The Hall–Kier alpha value is -2.18. The Morgan fingerprint density at radius 1 is 1.31 bits per heavy atom. The van der Waals surface area contributed by atoms with Crippen LogP contribution in [0, 0.1) is 6.92 Å². The molecule has 3 rings (SSSR count). The molecule has 1 aliphatic heterocycles. The summed E-state index contributed by atoms with van der Waals surface area (Å²) in [6.07, 6.45) is 5.60. The Morgan fingerprint density at radius 2 is 2.04 bits per heavy atom. The smallest absolute Gasteiger partial charge is 0.242 e. The Bertz CT molecular complexity index is 733. The minimum Gasteiger partial charge on any atom is -0.352 e. The molecule has 0 radical (unpaired) electrons. The Balaban J connectivity index is 1.50. The van der Waals surface area contributed by atoms with Crippen molar-refractivity contribution in [3.8, 4) is 0 Å². The van der Waals surface area contributed by atoms with Crippen molar-refractivity contribution in [3.63, 3.8) is 0 Å². The SMILES string of the molecule is CNC(C(=O)NC1CCN(Cc2ccccc2C)CC1)c1cnn(C)c1. The van der Waals surface area contributed by atoms with E-state index >= 15 is 0 Å². The van der Waals surface area contributed by atoms with Gasteiger partial charge in [-0.05, 0) is 37.9 Å². The lowest BCUT2D eigenvalue weighted by Gasteiger charge is -2.33. The summed E-state index contributed by atoms with van der Waals surface area (Å²) in [6, 6.07) is 8.44. The van der Waals surface area contributed by atoms with Gasteiger partial charge >= 0.3 is 0 Å². The van der Waals surface area contributed by atoms with Crippen molar-refractivity contribution < 1.29 is 4.79 Å². The minimum atomic E-state index is -0.353. The first-order chi connectivity index (χ1) is 12.6. The van der Waals surface area contributed by atoms with E-state index in [2.05, 4.69) is 51.8 Å². The van der Waals surface area contributed by atoms with Crippen LogP contribution in [0.3, 0.4) is 0 Å². The van der Waals surface area contributed by atoms with E-state index in [1.807, 2.05) is 20.3 Å². The standard InChI is InChI=1S/C20H29N5O/c1-15-6-4-5-7-16(15)14-25-10-8-18(9-11-25)23-20(26)19(21-2)17-12-22-24(3)13-17/h4-7,12-13,18-19,21H,8-11,14H2,1-3H3,(H,23,26). The Labute approximate surface area is 155 Å². The van der Waals surface area contributed by atoms with Crippen LogP contribution in [0.5, 0.6) is 0 Å². The summed E-state index contributed by atoms with van der Waals surface area (Å²) < 4.78 is 1.72. The minimum absolute atomic E-state index is 0.0258. The van der Waals surface area contributed by atoms with Crippen molar-refractivity contribution in [3.05, 3.63) is 53.3 Å². The lowest BCUT2D eigenvalue weighted by atomic mass is 10.0. The van der Waals surface area contributed by atoms with Gasteiger partial charge in [0.2, 0.25) is 5.91 Å². The summed E-state index contributed by atoms with van der Waals surface area (Å²) in [5.74, 6) is 0.0258. The number of likely N-dealkylation sites (tertiary alicyclic amines) is 1. The molecule has 1 atom stereocenters. The second kappa shape index (κ2) is 8.47. The summed E-state index contributed by atoms with van der Waals surface area (Å²) in [5, 5.41) is 10.5. The number of hydrogen-bond donors (Lipinski definition) is 2. The summed E-state index contributed by atoms with van der Waals surface area (Å²) in [7, 11) is 3.67. The number of nitrogens with zero attached hydrogens (tertiary/aromatic N) is 3. The van der Waals surface area contributed by atoms with E-state index < -0.39 is 0 Å². The zero-order valence-electron chi connectivity index (χ0n) is 15.9. The van der Waals surface area contributed by atoms with Crippen LogP contribution >= 0.6 is 0 Å². The van der Waals surface area contributed by atoms with Crippen LogP contribution in [0.4, 0.5) is 0 Å². The molecule has 1 aliphatic rings. The predicted molar refractivity (Wildman–Crippen MR) is 103 cm³/mol. The molecule has 0 bridgehead atoms. The lowest BCUT2D eigenvalue weighted by molar-refractivity contribution is -0.124. The molecule has 1 aromatic heterocycles. The summed E-state index contributed by atoms with van der Waals surface area (Å²) in [4.78, 5) is 15.1. The van der Waals surface area contributed by atoms with Crippen molar-refractivity contribution in [2.75, 3.05) is 20.1 Å². The van der Waals surface area contributed by atoms with E-state index in [1.165, 1.54) is 11.1 Å². The second-order valence-corrected chi connectivity index (χ2v) is 7.15. The quantitative estimate of drug-likeness (QED) is 0.829. The largest absolute Gasteiger partial charge is 0.352 e. The number of piperidine rings is 1. The fourth-order valence-corrected chi connectivity index (χ4v) is 3.59. The average molecular weight is 355 g/mol. The molecule has 0 saturated carbocycles. The van der Waals surface area contributed by atoms with E-state index in [0.29, 0.717) is 0 Å². The Kier molecular flexibility index (Phi) is 6.06. The van der Waals surface area contributed by atoms with Crippen LogP contribution in [0.15, 0.2) is 36.7 Å². The molecule has 2 N–H and O–H groups in total. The third-order valence-corrected chi connectivity index (χ3v) is 5.20. The van der Waals surface area contributed by atoms with Crippen molar-refractivity contribution in [1.29, 1.82) is 0 Å². The van der Waals surface area contributed by atoms with Crippen molar-refractivity contribution >= 4 is 5.91 Å². The van der Waals surface area contributed by atoms with E-state index in [0.717, 1.165) is 38.0 Å². The number of benzene rings is 1. The number of likely N-dealkylation sites (N-methyl/N-ethyl adjacent to an activating group) is 1. The lowest BCUT2D eigenvalue weighted by Crippen LogP contribution is -2.47. The zero-order chi connectivity index (χ0) is 18.5. The third-order valence-electron chi connectivity index (χ3n) is 5.20. The Morgan fingerprint density at radius 3 is 2.65 bits per heavy atom. The normalized spacial score (nSPS) is 17.2. The molecule has 1 fully saturated rings. The maximum Gasteiger partial charge on any atom is 0.242 e. The number of carbonyl (C=O) groups is 1. The fourth-order valence-electron chi connectivity index (χ4n) is 3.59. The maximum absolute atomic E-state index is 12.6. The molecule has 1 amide bonds. The van der Waals surface area contributed by atoms with Crippen LogP contribution in [-0.4, -0.2) is 46.8 Å². The van der Waals surface area contributed by atoms with Gasteiger partial charge in [0.25, 0.3) is 0 Å². The van der Waals surface area contributed by atoms with Crippen molar-refractivity contribution in [2.24, 2.45) is 7.05 Å². The molecule has 140 valence electrons. The highest BCUT2D eigenvalue weighted by Gasteiger charge is 2.25. The second-order valence-electron chi connectivity index (χ2n) is 7.15. The number of aromatic nitrogens is 2. The molecule has 1 aromatic carbocycles. The van der Waals surface area contributed by atoms with Gasteiger partial charge in [-0.15, -0.1) is 0 Å². The van der Waals surface area contributed by atoms with E-state index in [1.54, 1.807) is 10.9 Å². The van der Waals surface area contributed by atoms with Crippen molar-refractivity contribution in [2.45, 2.75) is 38.4 Å². The number of amides is 1. The van der Waals surface area contributed by atoms with Gasteiger partial charge in [0.1, 0.15) is 6.04 Å². The molecule has 2 heterocycles. The third kappa shape index (κ3) is 4.51. The topological polar surface area (TPSA) is 62.2 Å². The summed E-state index contributed by atoms with van der Waals surface area (Å²) in [6.45, 7) is 5.17. The number of hydrogen-bond acceptors (Lipinski definition) is 4.